The molecule has 2 saturated heterocycles. The number of aliphatic hydroxyl groups is 1. The Bertz CT molecular complexity index is 831. The van der Waals surface area contributed by atoms with Crippen LogP contribution in [0.2, 0.25) is 0 Å². The average Bonchev–Trinajstić information content (AvgIpc) is 2.97. The maximum atomic E-state index is 11.5. The van der Waals surface area contributed by atoms with Crippen molar-refractivity contribution in [3.8, 4) is 0 Å². The number of phosphoric ester groups is 1. The SMILES string of the molecule is Nc1ncnc2c1nc(I)n2C1OC2COP(=O)(O)OC2C1O. The van der Waals surface area contributed by atoms with Gasteiger partial charge in [-0.2, -0.15) is 0 Å². The van der Waals surface area contributed by atoms with E-state index in [1.54, 1.807) is 4.57 Å². The highest BCUT2D eigenvalue weighted by Crippen LogP contribution is 2.52. The molecule has 0 aliphatic carbocycles. The number of halogens is 1. The molecule has 0 bridgehead atoms. The van der Waals surface area contributed by atoms with Gasteiger partial charge in [-0.1, -0.05) is 0 Å². The number of phosphoric acid groups is 1. The van der Waals surface area contributed by atoms with Crippen LogP contribution in [-0.4, -0.2) is 54.4 Å². The highest BCUT2D eigenvalue weighted by atomic mass is 127. The number of imidazole rings is 1. The first kappa shape index (κ1) is 15.6. The molecule has 4 N–H and O–H groups in total. The number of nitrogens with zero attached hydrogens (tertiary/aromatic N) is 4. The first-order valence-electron chi connectivity index (χ1n) is 6.50. The van der Waals surface area contributed by atoms with Gasteiger partial charge in [0, 0.05) is 22.6 Å². The van der Waals surface area contributed by atoms with Crippen molar-refractivity contribution in [1.82, 2.24) is 19.5 Å². The molecule has 4 heterocycles. The fourth-order valence-electron chi connectivity index (χ4n) is 2.67. The molecule has 0 spiro atoms. The van der Waals surface area contributed by atoms with E-state index >= 15 is 0 Å². The van der Waals surface area contributed by atoms with E-state index in [1.807, 2.05) is 22.6 Å². The summed E-state index contributed by atoms with van der Waals surface area (Å²) < 4.78 is 28.9. The highest BCUT2D eigenvalue weighted by molar-refractivity contribution is 14.1. The van der Waals surface area contributed by atoms with Gasteiger partial charge in [-0.3, -0.25) is 13.6 Å². The minimum absolute atomic E-state index is 0.160. The van der Waals surface area contributed by atoms with E-state index in [-0.39, 0.29) is 12.4 Å². The maximum absolute atomic E-state index is 11.5. The van der Waals surface area contributed by atoms with Gasteiger partial charge in [0.1, 0.15) is 24.6 Å². The Balaban J connectivity index is 1.76. The van der Waals surface area contributed by atoms with Gasteiger partial charge in [-0.15, -0.1) is 0 Å². The molecule has 5 atom stereocenters. The third-order valence-electron chi connectivity index (χ3n) is 3.68. The van der Waals surface area contributed by atoms with Crippen molar-refractivity contribution in [3.63, 3.8) is 0 Å². The molecule has 23 heavy (non-hydrogen) atoms. The lowest BCUT2D eigenvalue weighted by atomic mass is 10.1. The summed E-state index contributed by atoms with van der Waals surface area (Å²) in [5, 5.41) is 10.5. The average molecular weight is 455 g/mol. The molecule has 2 aromatic rings. The summed E-state index contributed by atoms with van der Waals surface area (Å²) in [4.78, 5) is 21.7. The maximum Gasteiger partial charge on any atom is 0.472 e. The predicted molar refractivity (Wildman–Crippen MR) is 83.0 cm³/mol. The van der Waals surface area contributed by atoms with Crippen LogP contribution in [0.4, 0.5) is 5.82 Å². The standard InChI is InChI=1S/C10H11IN5O6P/c11-10-15-4-7(12)13-2-14-8(4)16(10)9-5(17)6-3(21-9)1-20-23(18,19)22-6/h2-3,5-6,9,17H,1H2,(H,18,19)(H2,12,13,14). The molecule has 2 fully saturated rings. The van der Waals surface area contributed by atoms with Crippen molar-refractivity contribution in [2.45, 2.75) is 24.5 Å². The third kappa shape index (κ3) is 2.45. The van der Waals surface area contributed by atoms with E-state index in [9.17, 15) is 14.6 Å². The Hall–Kier alpha value is -0.890. The zero-order valence-corrected chi connectivity index (χ0v) is 14.4. The second-order valence-electron chi connectivity index (χ2n) is 5.07. The number of ether oxygens (including phenoxy) is 1. The molecule has 0 radical (unpaired) electrons. The lowest BCUT2D eigenvalue weighted by Gasteiger charge is -2.27. The Morgan fingerprint density at radius 2 is 2.26 bits per heavy atom. The number of nitrogens with two attached hydrogens (primary N) is 1. The van der Waals surface area contributed by atoms with Crippen LogP contribution in [0.15, 0.2) is 6.33 Å². The topological polar surface area (TPSA) is 155 Å². The monoisotopic (exact) mass is 455 g/mol. The number of rotatable bonds is 1. The second-order valence-corrected chi connectivity index (χ2v) is 7.44. The molecule has 4 rings (SSSR count). The van der Waals surface area contributed by atoms with Gasteiger partial charge in [0.2, 0.25) is 0 Å². The summed E-state index contributed by atoms with van der Waals surface area (Å²) in [6.45, 7) is -0.160. The number of anilines is 1. The predicted octanol–water partition coefficient (Wildman–Crippen LogP) is -0.213. The van der Waals surface area contributed by atoms with E-state index in [4.69, 9.17) is 19.5 Å². The zero-order chi connectivity index (χ0) is 16.4. The zero-order valence-electron chi connectivity index (χ0n) is 11.3. The smallest absolute Gasteiger partial charge is 0.386 e. The molecule has 13 heteroatoms. The van der Waals surface area contributed by atoms with Crippen molar-refractivity contribution in [2.24, 2.45) is 0 Å². The molecular formula is C10H11IN5O6P. The normalized spacial score (nSPS) is 37.2. The van der Waals surface area contributed by atoms with Crippen LogP contribution in [0.1, 0.15) is 6.23 Å². The second kappa shape index (κ2) is 5.31. The minimum Gasteiger partial charge on any atom is -0.386 e. The van der Waals surface area contributed by atoms with Gasteiger partial charge < -0.3 is 20.5 Å². The molecule has 0 saturated carbocycles. The summed E-state index contributed by atoms with van der Waals surface area (Å²) >= 11 is 1.95. The largest absolute Gasteiger partial charge is 0.472 e. The number of hydrogen-bond acceptors (Lipinski definition) is 9. The molecule has 124 valence electrons. The number of fused-ring (bicyclic) bond motifs is 2. The molecule has 0 aromatic carbocycles. The van der Waals surface area contributed by atoms with Crippen LogP contribution < -0.4 is 5.73 Å². The van der Waals surface area contributed by atoms with Gasteiger partial charge >= 0.3 is 7.82 Å². The van der Waals surface area contributed by atoms with Crippen molar-refractivity contribution in [3.05, 3.63) is 10.2 Å². The summed E-state index contributed by atoms with van der Waals surface area (Å²) in [6.07, 6.45) is -2.50. The Labute approximate surface area is 142 Å². The number of hydrogen-bond donors (Lipinski definition) is 3. The van der Waals surface area contributed by atoms with Gasteiger partial charge in [0.15, 0.2) is 27.0 Å². The van der Waals surface area contributed by atoms with Crippen molar-refractivity contribution in [1.29, 1.82) is 0 Å². The van der Waals surface area contributed by atoms with Gasteiger partial charge in [0.25, 0.3) is 0 Å². The lowest BCUT2D eigenvalue weighted by molar-refractivity contribution is -0.0670. The Morgan fingerprint density at radius 3 is 3.04 bits per heavy atom. The molecule has 2 aliphatic rings. The first-order chi connectivity index (χ1) is 10.9. The fraction of sp³-hybridized carbons (Fsp3) is 0.500. The molecule has 2 aromatic heterocycles. The Kier molecular flexibility index (Phi) is 3.61. The van der Waals surface area contributed by atoms with E-state index in [0.29, 0.717) is 15.0 Å². The van der Waals surface area contributed by atoms with Gasteiger partial charge in [-0.25, -0.2) is 19.5 Å². The third-order valence-corrected chi connectivity index (χ3v) is 5.43. The first-order valence-corrected chi connectivity index (χ1v) is 9.08. The molecular weight excluding hydrogens is 444 g/mol. The fourth-order valence-corrected chi connectivity index (χ4v) is 4.38. The van der Waals surface area contributed by atoms with Gasteiger partial charge in [0.05, 0.1) is 6.61 Å². The van der Waals surface area contributed by atoms with Crippen LogP contribution in [0, 0.1) is 3.83 Å². The molecule has 11 nitrogen and oxygen atoms in total. The summed E-state index contributed by atoms with van der Waals surface area (Å²) in [5.41, 5.74) is 6.54. The van der Waals surface area contributed by atoms with E-state index < -0.39 is 32.4 Å². The highest BCUT2D eigenvalue weighted by Gasteiger charge is 2.53. The van der Waals surface area contributed by atoms with Gasteiger partial charge in [-0.05, 0) is 0 Å². The van der Waals surface area contributed by atoms with Crippen molar-refractivity contribution in [2.75, 3.05) is 12.3 Å². The van der Waals surface area contributed by atoms with E-state index in [1.165, 1.54) is 6.33 Å². The van der Waals surface area contributed by atoms with Crippen LogP contribution in [0.5, 0.6) is 0 Å². The summed E-state index contributed by atoms with van der Waals surface area (Å²) in [5.74, 6) is 0.205. The number of aliphatic hydroxyl groups excluding tert-OH is 1. The van der Waals surface area contributed by atoms with E-state index in [2.05, 4.69) is 15.0 Å². The van der Waals surface area contributed by atoms with Crippen molar-refractivity contribution < 1.29 is 28.3 Å². The van der Waals surface area contributed by atoms with Crippen LogP contribution in [0.3, 0.4) is 0 Å². The molecule has 2 aliphatic heterocycles. The number of aromatic nitrogens is 4. The summed E-state index contributed by atoms with van der Waals surface area (Å²) in [7, 11) is -4.18. The molecule has 0 amide bonds. The quantitative estimate of drug-likeness (QED) is 0.299. The lowest BCUT2D eigenvalue weighted by Crippen LogP contribution is -2.39. The van der Waals surface area contributed by atoms with Crippen LogP contribution in [-0.2, 0) is 18.3 Å². The van der Waals surface area contributed by atoms with Crippen LogP contribution in [0.25, 0.3) is 11.2 Å². The summed E-state index contributed by atoms with van der Waals surface area (Å²) in [6, 6.07) is 0. The number of nitrogen functional groups attached to an aromatic ring is 1. The van der Waals surface area contributed by atoms with Crippen molar-refractivity contribution >= 4 is 47.4 Å². The Morgan fingerprint density at radius 1 is 1.48 bits per heavy atom. The molecule has 5 unspecified atom stereocenters. The van der Waals surface area contributed by atoms with E-state index in [0.717, 1.165) is 0 Å². The van der Waals surface area contributed by atoms with Crippen LogP contribution >= 0.6 is 30.4 Å². The minimum atomic E-state index is -4.18.